The zero-order valence-electron chi connectivity index (χ0n) is 28.2. The number of hydrogen-bond donors (Lipinski definition) is 0. The average molecular weight is 796 g/mol. The maximum atomic E-state index is 14.5. The molecule has 0 amide bonds. The van der Waals surface area contributed by atoms with Crippen LogP contribution in [0.2, 0.25) is 10.0 Å². The summed E-state index contributed by atoms with van der Waals surface area (Å²) >= 11 is 11.9. The van der Waals surface area contributed by atoms with E-state index in [9.17, 15) is 26.7 Å². The molecule has 6 atom stereocenters. The van der Waals surface area contributed by atoms with Gasteiger partial charge in [0, 0.05) is 16.1 Å². The molecule has 2 fully saturated rings. The third-order valence-corrected chi connectivity index (χ3v) is 9.30. The number of benzene rings is 3. The summed E-state index contributed by atoms with van der Waals surface area (Å²) in [5.74, 6) is -2.90. The fourth-order valence-electron chi connectivity index (χ4n) is 6.41. The molecule has 0 saturated carbocycles. The van der Waals surface area contributed by atoms with Crippen molar-refractivity contribution in [1.29, 1.82) is 0 Å². The molecule has 0 unspecified atom stereocenters. The lowest BCUT2D eigenvalue weighted by Gasteiger charge is -2.49. The number of ether oxygens (including phenoxy) is 5. The molecule has 5 aromatic rings. The summed E-state index contributed by atoms with van der Waals surface area (Å²) in [6.45, 7) is 2.38. The van der Waals surface area contributed by atoms with E-state index in [4.69, 9.17) is 46.9 Å². The minimum Gasteiger partial charge on any atom is -0.464 e. The van der Waals surface area contributed by atoms with Crippen molar-refractivity contribution < 1.29 is 50.4 Å². The van der Waals surface area contributed by atoms with Crippen LogP contribution < -0.4 is 0 Å². The monoisotopic (exact) mass is 794 g/mol. The van der Waals surface area contributed by atoms with Crippen molar-refractivity contribution in [2.45, 2.75) is 56.8 Å². The number of nitrogens with zero attached hydrogens (tertiary/aromatic N) is 6. The average Bonchev–Trinajstić information content (AvgIpc) is 3.79. The van der Waals surface area contributed by atoms with Crippen molar-refractivity contribution >= 4 is 29.2 Å². The number of aromatic nitrogens is 6. The van der Waals surface area contributed by atoms with Gasteiger partial charge in [0.05, 0.1) is 30.7 Å². The molecule has 2 aliphatic rings. The molecule has 284 valence electrons. The smallest absolute Gasteiger partial charge is 0.418 e. The van der Waals surface area contributed by atoms with E-state index in [0.717, 1.165) is 35.0 Å². The second-order valence-corrected chi connectivity index (χ2v) is 13.1. The number of esters is 1. The highest BCUT2D eigenvalue weighted by Crippen LogP contribution is 2.46. The first-order valence-corrected chi connectivity index (χ1v) is 17.2. The molecular formula is C35H29Cl2F5N6O6. The normalized spacial score (nSPS) is 22.9. The third kappa shape index (κ3) is 7.56. The molecule has 0 bridgehead atoms. The summed E-state index contributed by atoms with van der Waals surface area (Å²) in [7, 11) is 0. The number of rotatable bonds is 9. The van der Waals surface area contributed by atoms with Crippen LogP contribution in [0.25, 0.3) is 16.9 Å². The van der Waals surface area contributed by atoms with E-state index in [1.54, 1.807) is 31.2 Å². The Balaban J connectivity index is 1.38. The van der Waals surface area contributed by atoms with Crippen LogP contribution in [0.3, 0.4) is 0 Å². The number of carbonyl (C=O) groups excluding carboxylic acids is 1. The number of aryl methyl sites for hydroxylation is 1. The molecule has 7 rings (SSSR count). The molecule has 2 saturated heterocycles. The van der Waals surface area contributed by atoms with Gasteiger partial charge in [-0.05, 0) is 44.2 Å². The van der Waals surface area contributed by atoms with Gasteiger partial charge in [-0.25, -0.2) is 27.9 Å². The Morgan fingerprint density at radius 3 is 2.48 bits per heavy atom. The van der Waals surface area contributed by atoms with Crippen molar-refractivity contribution in [3.05, 3.63) is 111 Å². The summed E-state index contributed by atoms with van der Waals surface area (Å²) in [5, 5.41) is 12.0. The minimum absolute atomic E-state index is 0.00383. The van der Waals surface area contributed by atoms with E-state index >= 15 is 0 Å². The van der Waals surface area contributed by atoms with Crippen LogP contribution in [-0.2, 0) is 34.7 Å². The van der Waals surface area contributed by atoms with E-state index < -0.39 is 83.4 Å². The van der Waals surface area contributed by atoms with Gasteiger partial charge in [0.1, 0.15) is 65.2 Å². The van der Waals surface area contributed by atoms with Gasteiger partial charge in [-0.2, -0.15) is 18.3 Å². The van der Waals surface area contributed by atoms with E-state index in [2.05, 4.69) is 20.4 Å². The van der Waals surface area contributed by atoms with Gasteiger partial charge in [0.15, 0.2) is 12.1 Å². The number of carbonyl (C=O) groups is 1. The summed E-state index contributed by atoms with van der Waals surface area (Å²) in [5.41, 5.74) is -0.843. The first-order valence-electron chi connectivity index (χ1n) is 16.4. The fourth-order valence-corrected chi connectivity index (χ4v) is 6.69. The molecule has 0 spiro atoms. The van der Waals surface area contributed by atoms with Gasteiger partial charge in [0.2, 0.25) is 0 Å². The number of fused-ring (bicyclic) bond motifs is 1. The maximum absolute atomic E-state index is 14.5. The lowest BCUT2D eigenvalue weighted by atomic mass is 9.90. The SMILES string of the molecule is CCOC(=O)CO[C@@H]1[C@@H](n2cc(-c3cc(F)c(Cl)c(F)c3)nn2)[C@H]2O[C@@H](c3ccccc3)OC[C@H]2O[C@H]1c1nc(C)nn1-c1cc(Cl)ccc1C(F)(F)F. The zero-order chi connectivity index (χ0) is 38.3. The Morgan fingerprint density at radius 2 is 1.78 bits per heavy atom. The van der Waals surface area contributed by atoms with Crippen LogP contribution in [0.15, 0.2) is 66.9 Å². The van der Waals surface area contributed by atoms with E-state index in [1.807, 2.05) is 6.07 Å². The zero-order valence-corrected chi connectivity index (χ0v) is 29.7. The van der Waals surface area contributed by atoms with Crippen molar-refractivity contribution in [1.82, 2.24) is 29.8 Å². The Hall–Kier alpha value is -4.52. The Kier molecular flexibility index (Phi) is 10.7. The van der Waals surface area contributed by atoms with Crippen molar-refractivity contribution in [2.24, 2.45) is 0 Å². The maximum Gasteiger partial charge on any atom is 0.418 e. The topological polar surface area (TPSA) is 125 Å². The summed E-state index contributed by atoms with van der Waals surface area (Å²) in [6.07, 6.45) is -9.04. The second kappa shape index (κ2) is 15.3. The molecule has 2 aromatic heterocycles. The van der Waals surface area contributed by atoms with Crippen molar-refractivity contribution in [2.75, 3.05) is 19.8 Å². The highest BCUT2D eigenvalue weighted by atomic mass is 35.5. The molecule has 0 aliphatic carbocycles. The molecule has 0 radical (unpaired) electrons. The molecule has 12 nitrogen and oxygen atoms in total. The Bertz CT molecular complexity index is 2130. The van der Waals surface area contributed by atoms with Crippen molar-refractivity contribution in [3.63, 3.8) is 0 Å². The lowest BCUT2D eigenvalue weighted by molar-refractivity contribution is -0.322. The number of alkyl halides is 3. The highest BCUT2D eigenvalue weighted by Gasteiger charge is 2.54. The molecular weight excluding hydrogens is 766 g/mol. The minimum atomic E-state index is -4.83. The molecule has 0 N–H and O–H groups in total. The van der Waals surface area contributed by atoms with Crippen LogP contribution >= 0.6 is 23.2 Å². The van der Waals surface area contributed by atoms with Gasteiger partial charge in [0.25, 0.3) is 0 Å². The highest BCUT2D eigenvalue weighted by molar-refractivity contribution is 6.31. The van der Waals surface area contributed by atoms with Crippen molar-refractivity contribution in [3.8, 4) is 16.9 Å². The molecule has 2 aliphatic heterocycles. The first-order chi connectivity index (χ1) is 25.8. The van der Waals surface area contributed by atoms with Gasteiger partial charge < -0.3 is 23.7 Å². The largest absolute Gasteiger partial charge is 0.464 e. The van der Waals surface area contributed by atoms with E-state index in [0.29, 0.717) is 5.56 Å². The molecule has 19 heteroatoms. The Labute approximate surface area is 313 Å². The van der Waals surface area contributed by atoms with Crippen LogP contribution in [0.1, 0.15) is 48.1 Å². The predicted molar refractivity (Wildman–Crippen MR) is 180 cm³/mol. The van der Waals surface area contributed by atoms with Crippen LogP contribution in [0.4, 0.5) is 22.0 Å². The van der Waals surface area contributed by atoms with Gasteiger partial charge in [-0.3, -0.25) is 0 Å². The predicted octanol–water partition coefficient (Wildman–Crippen LogP) is 7.18. The first kappa shape index (κ1) is 37.8. The Morgan fingerprint density at radius 1 is 1.04 bits per heavy atom. The standard InChI is InChI=1S/C35H29Cl2F5N6O6/c1-3-50-27(49)16-51-31-29(47-14-24(44-46-47)19-11-22(38)28(37)23(39)12-19)30-26(15-52-34(54-30)18-7-5-4-6-8-18)53-32(31)33-43-17(2)45-48(33)25-13-20(36)9-10-21(25)35(40,41)42/h4-14,26,29-32,34H,3,15-16H2,1-2H3/t26-,29+,30+,31-,32-,34+/m1/s1. The molecule has 3 aromatic carbocycles. The van der Waals surface area contributed by atoms with Gasteiger partial charge in [-0.1, -0.05) is 58.7 Å². The summed E-state index contributed by atoms with van der Waals surface area (Å²) in [6, 6.07) is 12.8. The van der Waals surface area contributed by atoms with E-state index in [1.165, 1.54) is 17.8 Å². The number of halogens is 7. The van der Waals surface area contributed by atoms with Crippen LogP contribution in [0.5, 0.6) is 0 Å². The number of hydrogen-bond acceptors (Lipinski definition) is 10. The van der Waals surface area contributed by atoms with Crippen LogP contribution in [-0.4, -0.2) is 73.9 Å². The van der Waals surface area contributed by atoms with Gasteiger partial charge in [-0.15, -0.1) is 5.10 Å². The molecule has 4 heterocycles. The lowest BCUT2D eigenvalue weighted by Crippen LogP contribution is -2.58. The summed E-state index contributed by atoms with van der Waals surface area (Å²) in [4.78, 5) is 17.2. The molecule has 54 heavy (non-hydrogen) atoms. The third-order valence-electron chi connectivity index (χ3n) is 8.70. The summed E-state index contributed by atoms with van der Waals surface area (Å²) < 4.78 is 105. The quantitative estimate of drug-likeness (QED) is 0.0861. The van der Waals surface area contributed by atoms with Gasteiger partial charge >= 0.3 is 12.1 Å². The fraction of sp³-hybridized carbons (Fsp3) is 0.343. The van der Waals surface area contributed by atoms with E-state index in [-0.39, 0.29) is 41.1 Å². The van der Waals surface area contributed by atoms with Crippen LogP contribution in [0, 0.1) is 18.6 Å². The second-order valence-electron chi connectivity index (χ2n) is 12.3.